The van der Waals surface area contributed by atoms with Crippen LogP contribution in [0.2, 0.25) is 0 Å². The highest BCUT2D eigenvalue weighted by Gasteiger charge is 2.40. The number of likely N-dealkylation sites (N-methyl/N-ethyl adjacent to an activating group) is 1. The number of hydrogen-bond acceptors (Lipinski definition) is 5. The Morgan fingerprint density at radius 2 is 1.90 bits per heavy atom. The maximum Gasteiger partial charge on any atom is 0.250 e. The van der Waals surface area contributed by atoms with Gasteiger partial charge in [0.2, 0.25) is 21.8 Å². The number of nitrogens with zero attached hydrogens (tertiary/aromatic N) is 3. The Bertz CT molecular complexity index is 882. The molecule has 1 aromatic carbocycles. The summed E-state index contributed by atoms with van der Waals surface area (Å²) < 4.78 is 27.4. The molecule has 1 atom stereocenters. The lowest BCUT2D eigenvalue weighted by atomic mass is 9.96. The van der Waals surface area contributed by atoms with Gasteiger partial charge in [-0.2, -0.15) is 4.31 Å². The maximum absolute atomic E-state index is 13.2. The lowest BCUT2D eigenvalue weighted by Gasteiger charge is -2.45. The van der Waals surface area contributed by atoms with E-state index < -0.39 is 10.0 Å². The number of sulfonamides is 1. The predicted molar refractivity (Wildman–Crippen MR) is 113 cm³/mol. The molecule has 0 saturated carbocycles. The number of nitrogens with one attached hydrogen (secondary N) is 1. The van der Waals surface area contributed by atoms with Gasteiger partial charge in [-0.15, -0.1) is 0 Å². The molecule has 0 unspecified atom stereocenters. The summed E-state index contributed by atoms with van der Waals surface area (Å²) >= 11 is 0. The minimum Gasteiger partial charge on any atom is -0.358 e. The van der Waals surface area contributed by atoms with E-state index in [-0.39, 0.29) is 29.3 Å². The van der Waals surface area contributed by atoms with E-state index in [4.69, 9.17) is 0 Å². The van der Waals surface area contributed by atoms with Crippen molar-refractivity contribution in [1.29, 1.82) is 0 Å². The molecule has 1 aromatic rings. The number of piperidine rings is 1. The number of carbonyl (C=O) groups excluding carboxylic acids is 2. The number of amides is 2. The SMILES string of the molecule is CCNC(=O)CN1C(=O)[C@@H]2CCCCN2c2ccc(S(=O)(=O)N(CC)CC)cc21. The number of fused-ring (bicyclic) bond motifs is 3. The van der Waals surface area contributed by atoms with Crippen LogP contribution in [-0.4, -0.2) is 63.3 Å². The minimum atomic E-state index is -3.67. The van der Waals surface area contributed by atoms with Crippen molar-refractivity contribution in [1.82, 2.24) is 9.62 Å². The normalized spacial score (nSPS) is 19.2. The van der Waals surface area contributed by atoms with Gasteiger partial charge < -0.3 is 10.2 Å². The minimum absolute atomic E-state index is 0.112. The van der Waals surface area contributed by atoms with Gasteiger partial charge in [-0.1, -0.05) is 13.8 Å². The molecule has 29 heavy (non-hydrogen) atoms. The van der Waals surface area contributed by atoms with Crippen LogP contribution in [0.5, 0.6) is 0 Å². The highest BCUT2D eigenvalue weighted by atomic mass is 32.2. The number of benzene rings is 1. The van der Waals surface area contributed by atoms with E-state index in [9.17, 15) is 18.0 Å². The molecule has 0 spiro atoms. The van der Waals surface area contributed by atoms with Crippen molar-refractivity contribution < 1.29 is 18.0 Å². The first-order valence-electron chi connectivity index (χ1n) is 10.3. The van der Waals surface area contributed by atoms with Crippen molar-refractivity contribution in [3.8, 4) is 0 Å². The van der Waals surface area contributed by atoms with Crippen LogP contribution < -0.4 is 15.1 Å². The molecule has 2 heterocycles. The zero-order chi connectivity index (χ0) is 21.2. The summed E-state index contributed by atoms with van der Waals surface area (Å²) in [6.45, 7) is 7.25. The third kappa shape index (κ3) is 3.98. The third-order valence-corrected chi connectivity index (χ3v) is 7.67. The maximum atomic E-state index is 13.2. The number of hydrogen-bond donors (Lipinski definition) is 1. The second-order valence-corrected chi connectivity index (χ2v) is 9.26. The second kappa shape index (κ2) is 8.71. The van der Waals surface area contributed by atoms with Crippen molar-refractivity contribution >= 4 is 33.2 Å². The summed E-state index contributed by atoms with van der Waals surface area (Å²) in [5.41, 5.74) is 1.31. The fraction of sp³-hybridized carbons (Fsp3) is 0.600. The Hall–Kier alpha value is -2.13. The van der Waals surface area contributed by atoms with Gasteiger partial charge in [0.05, 0.1) is 16.3 Å². The van der Waals surface area contributed by atoms with Crippen LogP contribution >= 0.6 is 0 Å². The summed E-state index contributed by atoms with van der Waals surface area (Å²) in [5, 5.41) is 2.72. The molecular formula is C20H30N4O4S. The highest BCUT2D eigenvalue weighted by molar-refractivity contribution is 7.89. The molecule has 0 bridgehead atoms. The number of anilines is 2. The van der Waals surface area contributed by atoms with Crippen LogP contribution in [0.15, 0.2) is 23.1 Å². The lowest BCUT2D eigenvalue weighted by Crippen LogP contribution is -2.57. The molecule has 2 amide bonds. The van der Waals surface area contributed by atoms with Crippen molar-refractivity contribution in [2.24, 2.45) is 0 Å². The van der Waals surface area contributed by atoms with Crippen molar-refractivity contribution in [3.63, 3.8) is 0 Å². The molecule has 1 saturated heterocycles. The average molecular weight is 423 g/mol. The van der Waals surface area contributed by atoms with Gasteiger partial charge in [-0.3, -0.25) is 14.5 Å². The molecule has 2 aliphatic heterocycles. The van der Waals surface area contributed by atoms with E-state index in [1.807, 2.05) is 6.92 Å². The molecule has 160 valence electrons. The standard InChI is InChI=1S/C20H30N4O4S/c1-4-21-19(25)14-24-18-13-15(29(27,28)22(5-2)6-3)10-11-16(18)23-12-8-7-9-17(23)20(24)26/h10-11,13,17H,4-9,12,14H2,1-3H3,(H,21,25)/t17-/m0/s1. The molecule has 3 rings (SSSR count). The topological polar surface area (TPSA) is 90.0 Å². The lowest BCUT2D eigenvalue weighted by molar-refractivity contribution is -0.124. The van der Waals surface area contributed by atoms with Gasteiger partial charge in [0, 0.05) is 26.2 Å². The Kier molecular flexibility index (Phi) is 6.48. The molecule has 0 radical (unpaired) electrons. The quantitative estimate of drug-likeness (QED) is 0.720. The summed E-state index contributed by atoms with van der Waals surface area (Å²) in [4.78, 5) is 29.1. The molecule has 9 heteroatoms. The van der Waals surface area contributed by atoms with Gasteiger partial charge in [-0.25, -0.2) is 8.42 Å². The van der Waals surface area contributed by atoms with Crippen LogP contribution in [0.25, 0.3) is 0 Å². The fourth-order valence-electron chi connectivity index (χ4n) is 4.17. The first-order valence-corrected chi connectivity index (χ1v) is 11.8. The molecular weight excluding hydrogens is 392 g/mol. The zero-order valence-corrected chi connectivity index (χ0v) is 18.2. The summed E-state index contributed by atoms with van der Waals surface area (Å²) in [5.74, 6) is -0.395. The first-order chi connectivity index (χ1) is 13.8. The smallest absolute Gasteiger partial charge is 0.250 e. The van der Waals surface area contributed by atoms with E-state index >= 15 is 0 Å². The predicted octanol–water partition coefficient (Wildman–Crippen LogP) is 1.56. The Morgan fingerprint density at radius 3 is 2.55 bits per heavy atom. The van der Waals surface area contributed by atoms with Crippen LogP contribution in [-0.2, 0) is 19.6 Å². The highest BCUT2D eigenvalue weighted by Crippen LogP contribution is 2.40. The van der Waals surface area contributed by atoms with E-state index in [0.717, 1.165) is 31.5 Å². The molecule has 0 aromatic heterocycles. The monoisotopic (exact) mass is 422 g/mol. The van der Waals surface area contributed by atoms with Crippen LogP contribution in [0.4, 0.5) is 11.4 Å². The summed E-state index contributed by atoms with van der Waals surface area (Å²) in [7, 11) is -3.67. The van der Waals surface area contributed by atoms with Gasteiger partial charge in [0.15, 0.2) is 0 Å². The molecule has 8 nitrogen and oxygen atoms in total. The van der Waals surface area contributed by atoms with Crippen molar-refractivity contribution in [3.05, 3.63) is 18.2 Å². The van der Waals surface area contributed by atoms with Gasteiger partial charge in [0.25, 0.3) is 0 Å². The molecule has 2 aliphatic rings. The Balaban J connectivity index is 2.08. The Labute approximate surface area is 172 Å². The van der Waals surface area contributed by atoms with E-state index in [1.165, 1.54) is 9.21 Å². The van der Waals surface area contributed by atoms with E-state index in [2.05, 4.69) is 10.2 Å². The average Bonchev–Trinajstić information content (AvgIpc) is 2.71. The molecule has 0 aliphatic carbocycles. The fourth-order valence-corrected chi connectivity index (χ4v) is 5.65. The summed E-state index contributed by atoms with van der Waals surface area (Å²) in [6, 6.07) is 4.64. The van der Waals surface area contributed by atoms with Crippen LogP contribution in [0, 0.1) is 0 Å². The van der Waals surface area contributed by atoms with Gasteiger partial charge >= 0.3 is 0 Å². The third-order valence-electron chi connectivity index (χ3n) is 5.62. The van der Waals surface area contributed by atoms with Crippen molar-refractivity contribution in [2.45, 2.75) is 51.0 Å². The van der Waals surface area contributed by atoms with Gasteiger partial charge in [-0.05, 0) is 44.4 Å². The number of carbonyl (C=O) groups is 2. The van der Waals surface area contributed by atoms with Crippen molar-refractivity contribution in [2.75, 3.05) is 42.5 Å². The van der Waals surface area contributed by atoms with E-state index in [0.29, 0.717) is 25.3 Å². The largest absolute Gasteiger partial charge is 0.358 e. The zero-order valence-electron chi connectivity index (χ0n) is 17.3. The summed E-state index contributed by atoms with van der Waals surface area (Å²) in [6.07, 6.45) is 2.69. The molecule has 1 fully saturated rings. The van der Waals surface area contributed by atoms with E-state index in [1.54, 1.807) is 32.0 Å². The van der Waals surface area contributed by atoms with Crippen LogP contribution in [0.1, 0.15) is 40.0 Å². The molecule has 1 N–H and O–H groups in total. The van der Waals surface area contributed by atoms with Gasteiger partial charge in [0.1, 0.15) is 12.6 Å². The first kappa shape index (κ1) is 21.6. The Morgan fingerprint density at radius 1 is 1.17 bits per heavy atom. The second-order valence-electron chi connectivity index (χ2n) is 7.32. The van der Waals surface area contributed by atoms with Crippen LogP contribution in [0.3, 0.4) is 0 Å². The number of rotatable bonds is 7.